The Hall–Kier alpha value is -1.12. The summed E-state index contributed by atoms with van der Waals surface area (Å²) in [6.07, 6.45) is 1.35. The van der Waals surface area contributed by atoms with Gasteiger partial charge in [-0.1, -0.05) is 23.2 Å². The van der Waals surface area contributed by atoms with E-state index >= 15 is 0 Å². The van der Waals surface area contributed by atoms with Crippen LogP contribution in [0.3, 0.4) is 0 Å². The summed E-state index contributed by atoms with van der Waals surface area (Å²) in [7, 11) is -4.18. The molecule has 0 aliphatic rings. The molecule has 0 radical (unpaired) electrons. The first kappa shape index (κ1) is 21.9. The van der Waals surface area contributed by atoms with Crippen LogP contribution in [0.5, 0.6) is 0 Å². The van der Waals surface area contributed by atoms with Gasteiger partial charge in [-0.05, 0) is 19.1 Å². The Balaban J connectivity index is 0.00000312. The Labute approximate surface area is 175 Å². The van der Waals surface area contributed by atoms with Gasteiger partial charge < -0.3 is 9.90 Å². The fourth-order valence-corrected chi connectivity index (χ4v) is 3.69. The van der Waals surface area contributed by atoms with Crippen LogP contribution in [0.1, 0.15) is 5.69 Å². The minimum atomic E-state index is -4.18. The Kier molecular flexibility index (Phi) is 7.46. The first-order valence-electron chi connectivity index (χ1n) is 6.28. The second kappa shape index (κ2) is 8.51. The minimum absolute atomic E-state index is 0. The van der Waals surface area contributed by atoms with E-state index in [4.69, 9.17) is 29.8 Å². The van der Waals surface area contributed by atoms with Gasteiger partial charge >= 0.3 is 29.6 Å². The van der Waals surface area contributed by atoms with Crippen LogP contribution in [0.4, 0.5) is 5.69 Å². The molecule has 0 aliphatic heterocycles. The molecule has 0 fully saturated rings. The number of halogens is 2. The summed E-state index contributed by atoms with van der Waals surface area (Å²) in [4.78, 5) is 13.3. The van der Waals surface area contributed by atoms with Gasteiger partial charge in [0.05, 0.1) is 41.0 Å². The van der Waals surface area contributed by atoms with E-state index in [2.05, 4.69) is 9.94 Å². The van der Waals surface area contributed by atoms with Crippen LogP contribution in [0, 0.1) is 13.5 Å². The number of hydrogen-bond donors (Lipinski definition) is 1. The number of hydrogen-bond acceptors (Lipinski definition) is 5. The second-order valence-electron chi connectivity index (χ2n) is 4.57. The molecule has 1 heterocycles. The van der Waals surface area contributed by atoms with Gasteiger partial charge in [-0.2, -0.15) is 5.10 Å². The SMILES string of the molecule is [C-]#[N+]c1cnn(-c2cc(Cl)c(S(=O)(=O)NCC(=O)[O-])cc2Cl)c1C.[Na+]. The zero-order valence-electron chi connectivity index (χ0n) is 13.1. The van der Waals surface area contributed by atoms with Crippen molar-refractivity contribution in [1.82, 2.24) is 14.5 Å². The van der Waals surface area contributed by atoms with Crippen molar-refractivity contribution < 1.29 is 47.9 Å². The molecular formula is C13H9Cl2N4NaO4S. The molecule has 0 amide bonds. The maximum Gasteiger partial charge on any atom is 1.00 e. The number of sulfonamides is 1. The van der Waals surface area contributed by atoms with Crippen molar-refractivity contribution in [3.05, 3.63) is 45.5 Å². The Morgan fingerprint density at radius 3 is 2.56 bits per heavy atom. The molecule has 0 unspecified atom stereocenters. The van der Waals surface area contributed by atoms with Crippen molar-refractivity contribution in [3.8, 4) is 5.69 Å². The first-order valence-corrected chi connectivity index (χ1v) is 8.52. The monoisotopic (exact) mass is 410 g/mol. The third-order valence-corrected chi connectivity index (χ3v) is 5.20. The molecule has 1 aromatic heterocycles. The molecule has 12 heteroatoms. The van der Waals surface area contributed by atoms with Gasteiger partial charge in [0.15, 0.2) is 0 Å². The first-order chi connectivity index (χ1) is 11.2. The van der Waals surface area contributed by atoms with Crippen molar-refractivity contribution in [3.63, 3.8) is 0 Å². The molecule has 8 nitrogen and oxygen atoms in total. The van der Waals surface area contributed by atoms with Crippen LogP contribution in [0.2, 0.25) is 10.0 Å². The van der Waals surface area contributed by atoms with Crippen LogP contribution in [-0.4, -0.2) is 30.7 Å². The maximum absolute atomic E-state index is 12.1. The van der Waals surface area contributed by atoms with Crippen molar-refractivity contribution in [2.75, 3.05) is 6.54 Å². The number of carbonyl (C=O) groups excluding carboxylic acids is 1. The predicted molar refractivity (Wildman–Crippen MR) is 84.8 cm³/mol. The Morgan fingerprint density at radius 1 is 1.40 bits per heavy atom. The molecular weight excluding hydrogens is 402 g/mol. The molecule has 0 bridgehead atoms. The summed E-state index contributed by atoms with van der Waals surface area (Å²) in [5.74, 6) is -1.59. The van der Waals surface area contributed by atoms with E-state index in [1.807, 2.05) is 4.72 Å². The molecule has 0 aliphatic carbocycles. The number of nitrogens with zero attached hydrogens (tertiary/aromatic N) is 3. The average Bonchev–Trinajstić information content (AvgIpc) is 2.88. The number of carboxylic acids is 1. The third-order valence-electron chi connectivity index (χ3n) is 3.03. The standard InChI is InChI=1S/C13H10Cl2N4O4S.Na/c1-7-10(16-2)5-17-19(7)11-3-9(15)12(4-8(11)14)24(22,23)18-6-13(20)21;/h3-5,18H,6H2,1H3,(H,20,21);/q;+1/p-1. The van der Waals surface area contributed by atoms with Gasteiger partial charge in [0, 0.05) is 5.69 Å². The van der Waals surface area contributed by atoms with E-state index in [1.54, 1.807) is 6.92 Å². The fraction of sp³-hybridized carbons (Fsp3) is 0.154. The summed E-state index contributed by atoms with van der Waals surface area (Å²) in [5.41, 5.74) is 1.11. The van der Waals surface area contributed by atoms with Gasteiger partial charge in [0.25, 0.3) is 0 Å². The molecule has 1 N–H and O–H groups in total. The average molecular weight is 411 g/mol. The fourth-order valence-electron chi connectivity index (χ4n) is 1.87. The number of aliphatic carboxylic acids is 1. The van der Waals surface area contributed by atoms with E-state index in [0.29, 0.717) is 11.4 Å². The van der Waals surface area contributed by atoms with E-state index in [-0.39, 0.29) is 50.2 Å². The minimum Gasteiger partial charge on any atom is -0.549 e. The zero-order chi connectivity index (χ0) is 18.1. The number of carboxylic acid groups (broad SMARTS) is 1. The largest absolute Gasteiger partial charge is 1.00 e. The smallest absolute Gasteiger partial charge is 0.549 e. The van der Waals surface area contributed by atoms with Crippen molar-refractivity contribution in [2.24, 2.45) is 0 Å². The number of benzene rings is 1. The number of rotatable bonds is 5. The van der Waals surface area contributed by atoms with Gasteiger partial charge in [-0.15, -0.1) is 0 Å². The van der Waals surface area contributed by atoms with E-state index in [9.17, 15) is 18.3 Å². The molecule has 0 atom stereocenters. The molecule has 1 aromatic carbocycles. The van der Waals surface area contributed by atoms with Gasteiger partial charge in [-0.3, -0.25) is 0 Å². The normalized spacial score (nSPS) is 10.8. The number of nitrogens with one attached hydrogen (secondary N) is 1. The molecule has 0 saturated carbocycles. The number of carbonyl (C=O) groups is 1. The molecule has 0 saturated heterocycles. The predicted octanol–water partition coefficient (Wildman–Crippen LogP) is -1.93. The van der Waals surface area contributed by atoms with Crippen LogP contribution in [0.25, 0.3) is 10.5 Å². The van der Waals surface area contributed by atoms with Gasteiger partial charge in [0.2, 0.25) is 15.7 Å². The second-order valence-corrected chi connectivity index (χ2v) is 7.12. The van der Waals surface area contributed by atoms with Crippen molar-refractivity contribution >= 4 is 44.9 Å². The third kappa shape index (κ3) is 4.74. The summed E-state index contributed by atoms with van der Waals surface area (Å²) >= 11 is 12.1. The van der Waals surface area contributed by atoms with Crippen LogP contribution in [0.15, 0.2) is 23.2 Å². The molecule has 2 rings (SSSR count). The maximum atomic E-state index is 12.1. The molecule has 25 heavy (non-hydrogen) atoms. The summed E-state index contributed by atoms with van der Waals surface area (Å²) in [5, 5.41) is 14.3. The Bertz CT molecular complexity index is 969. The van der Waals surface area contributed by atoms with E-state index in [0.717, 1.165) is 6.07 Å². The van der Waals surface area contributed by atoms with E-state index < -0.39 is 22.5 Å². The molecule has 0 spiro atoms. The van der Waals surface area contributed by atoms with Crippen molar-refractivity contribution in [1.29, 1.82) is 0 Å². The summed E-state index contributed by atoms with van der Waals surface area (Å²) < 4.78 is 27.3. The molecule has 2 aromatic rings. The Morgan fingerprint density at radius 2 is 2.04 bits per heavy atom. The number of aromatic nitrogens is 2. The van der Waals surface area contributed by atoms with Crippen molar-refractivity contribution in [2.45, 2.75) is 11.8 Å². The van der Waals surface area contributed by atoms with Gasteiger partial charge in [-0.25, -0.2) is 22.7 Å². The summed E-state index contributed by atoms with van der Waals surface area (Å²) in [6, 6.07) is 2.35. The van der Waals surface area contributed by atoms with Crippen LogP contribution >= 0.6 is 23.2 Å². The topological polar surface area (TPSA) is 108 Å². The quantitative estimate of drug-likeness (QED) is 0.456. The van der Waals surface area contributed by atoms with Crippen LogP contribution < -0.4 is 39.4 Å². The van der Waals surface area contributed by atoms with Gasteiger partial charge in [0.1, 0.15) is 4.90 Å². The van der Waals surface area contributed by atoms with Crippen LogP contribution in [-0.2, 0) is 14.8 Å². The zero-order valence-corrected chi connectivity index (χ0v) is 17.4. The summed E-state index contributed by atoms with van der Waals surface area (Å²) in [6.45, 7) is 7.78. The molecule has 126 valence electrons. The van der Waals surface area contributed by atoms with E-state index in [1.165, 1.54) is 16.9 Å².